The summed E-state index contributed by atoms with van der Waals surface area (Å²) in [6.45, 7) is 7.94. The van der Waals surface area contributed by atoms with Crippen LogP contribution < -0.4 is 10.6 Å². The Hall–Kier alpha value is -2.44. The van der Waals surface area contributed by atoms with Gasteiger partial charge in [-0.25, -0.2) is 0 Å². The van der Waals surface area contributed by atoms with Gasteiger partial charge in [-0.1, -0.05) is 79.2 Å². The standard InChI is InChI=1S/C24H25O2P/c1-5-27(26,21-9-7-6-8-10-21)22-13-11-20(12-14-22)24(25)23-18(3)15-17(2)16-19(23)4/h6-16H,5H2,1-4H3. The molecule has 0 bridgehead atoms. The van der Waals surface area contributed by atoms with E-state index in [9.17, 15) is 9.36 Å². The van der Waals surface area contributed by atoms with Crippen LogP contribution in [0, 0.1) is 20.8 Å². The third-order valence-electron chi connectivity index (χ3n) is 5.07. The maximum absolute atomic E-state index is 13.6. The van der Waals surface area contributed by atoms with Crippen LogP contribution in [0.3, 0.4) is 0 Å². The van der Waals surface area contributed by atoms with Crippen molar-refractivity contribution < 1.29 is 9.36 Å². The predicted molar refractivity (Wildman–Crippen MR) is 114 cm³/mol. The van der Waals surface area contributed by atoms with E-state index in [-0.39, 0.29) is 5.78 Å². The molecule has 3 aromatic carbocycles. The van der Waals surface area contributed by atoms with Gasteiger partial charge in [-0.05, 0) is 31.9 Å². The Kier molecular flexibility index (Phi) is 5.48. The molecule has 0 aliphatic rings. The van der Waals surface area contributed by atoms with E-state index in [0.29, 0.717) is 11.7 Å². The molecule has 3 heteroatoms. The lowest BCUT2D eigenvalue weighted by Crippen LogP contribution is -2.18. The maximum Gasteiger partial charge on any atom is 0.193 e. The van der Waals surface area contributed by atoms with Crippen molar-refractivity contribution in [3.63, 3.8) is 0 Å². The Morgan fingerprint density at radius 1 is 0.815 bits per heavy atom. The van der Waals surface area contributed by atoms with Crippen LogP contribution in [0.25, 0.3) is 0 Å². The van der Waals surface area contributed by atoms with Gasteiger partial charge in [0.15, 0.2) is 5.78 Å². The van der Waals surface area contributed by atoms with Gasteiger partial charge in [-0.15, -0.1) is 0 Å². The Labute approximate surface area is 161 Å². The summed E-state index contributed by atoms with van der Waals surface area (Å²) < 4.78 is 13.6. The fourth-order valence-electron chi connectivity index (χ4n) is 3.72. The first kappa shape index (κ1) is 19.3. The van der Waals surface area contributed by atoms with E-state index >= 15 is 0 Å². The zero-order valence-corrected chi connectivity index (χ0v) is 17.2. The van der Waals surface area contributed by atoms with Gasteiger partial charge in [0.25, 0.3) is 0 Å². The monoisotopic (exact) mass is 376 g/mol. The summed E-state index contributed by atoms with van der Waals surface area (Å²) in [5.74, 6) is 0.0163. The summed E-state index contributed by atoms with van der Waals surface area (Å²) in [6.07, 6.45) is 0.556. The molecule has 2 nitrogen and oxygen atoms in total. The first-order valence-corrected chi connectivity index (χ1v) is 11.1. The second-order valence-electron chi connectivity index (χ2n) is 7.04. The van der Waals surface area contributed by atoms with Crippen molar-refractivity contribution in [3.05, 3.63) is 94.5 Å². The highest BCUT2D eigenvalue weighted by Crippen LogP contribution is 2.42. The number of carbonyl (C=O) groups is 1. The minimum absolute atomic E-state index is 0.0163. The first-order valence-electron chi connectivity index (χ1n) is 9.24. The molecule has 0 aliphatic carbocycles. The molecule has 0 spiro atoms. The number of aryl methyl sites for hydroxylation is 3. The second kappa shape index (κ2) is 7.66. The first-order chi connectivity index (χ1) is 12.9. The zero-order valence-electron chi connectivity index (χ0n) is 16.3. The Balaban J connectivity index is 1.99. The molecule has 0 saturated heterocycles. The molecular formula is C24H25O2P. The lowest BCUT2D eigenvalue weighted by Gasteiger charge is -2.18. The molecule has 3 rings (SSSR count). The molecule has 1 unspecified atom stereocenters. The molecule has 0 N–H and O–H groups in total. The van der Waals surface area contributed by atoms with Crippen LogP contribution in [0.4, 0.5) is 0 Å². The van der Waals surface area contributed by atoms with Crippen molar-refractivity contribution in [2.24, 2.45) is 0 Å². The fraction of sp³-hybridized carbons (Fsp3) is 0.208. The molecule has 0 amide bonds. The Morgan fingerprint density at radius 2 is 1.33 bits per heavy atom. The smallest absolute Gasteiger partial charge is 0.193 e. The normalized spacial score (nSPS) is 13.2. The molecule has 0 radical (unpaired) electrons. The fourth-order valence-corrected chi connectivity index (χ4v) is 6.03. The SMILES string of the molecule is CCP(=O)(c1ccccc1)c1ccc(C(=O)c2c(C)cc(C)cc2C)cc1. The Morgan fingerprint density at radius 3 is 1.85 bits per heavy atom. The number of carbonyl (C=O) groups excluding carboxylic acids is 1. The van der Waals surface area contributed by atoms with Crippen molar-refractivity contribution in [1.82, 2.24) is 0 Å². The molecule has 27 heavy (non-hydrogen) atoms. The van der Waals surface area contributed by atoms with Gasteiger partial charge in [0.1, 0.15) is 7.14 Å². The quantitative estimate of drug-likeness (QED) is 0.454. The molecule has 0 heterocycles. The van der Waals surface area contributed by atoms with Gasteiger partial charge in [-0.3, -0.25) is 4.79 Å². The van der Waals surface area contributed by atoms with E-state index in [1.54, 1.807) is 0 Å². The number of benzene rings is 3. The van der Waals surface area contributed by atoms with Gasteiger partial charge in [0.05, 0.1) is 0 Å². The van der Waals surface area contributed by atoms with Crippen LogP contribution >= 0.6 is 7.14 Å². The molecule has 1 atom stereocenters. The van der Waals surface area contributed by atoms with E-state index in [4.69, 9.17) is 0 Å². The van der Waals surface area contributed by atoms with Crippen LogP contribution in [0.1, 0.15) is 39.5 Å². The third kappa shape index (κ3) is 3.68. The average Bonchev–Trinajstić information content (AvgIpc) is 2.67. The molecule has 0 saturated carbocycles. The van der Waals surface area contributed by atoms with Crippen molar-refractivity contribution in [3.8, 4) is 0 Å². The second-order valence-corrected chi connectivity index (χ2v) is 10.2. The minimum Gasteiger partial charge on any atom is -0.314 e. The highest BCUT2D eigenvalue weighted by molar-refractivity contribution is 7.78. The van der Waals surface area contributed by atoms with E-state index in [1.807, 2.05) is 94.4 Å². The molecular weight excluding hydrogens is 351 g/mol. The van der Waals surface area contributed by atoms with Gasteiger partial charge in [-0.2, -0.15) is 0 Å². The van der Waals surface area contributed by atoms with Gasteiger partial charge < -0.3 is 4.57 Å². The summed E-state index contributed by atoms with van der Waals surface area (Å²) >= 11 is 0. The molecule has 0 aromatic heterocycles. The van der Waals surface area contributed by atoms with Crippen molar-refractivity contribution >= 4 is 23.5 Å². The van der Waals surface area contributed by atoms with Crippen LogP contribution in [-0.2, 0) is 4.57 Å². The van der Waals surface area contributed by atoms with Gasteiger partial charge in [0.2, 0.25) is 0 Å². The summed E-state index contributed by atoms with van der Waals surface area (Å²) in [7, 11) is -2.66. The summed E-state index contributed by atoms with van der Waals surface area (Å²) in [4.78, 5) is 13.0. The van der Waals surface area contributed by atoms with Crippen LogP contribution in [0.2, 0.25) is 0 Å². The van der Waals surface area contributed by atoms with Crippen molar-refractivity contribution in [2.75, 3.05) is 6.16 Å². The maximum atomic E-state index is 13.6. The topological polar surface area (TPSA) is 34.1 Å². The summed E-state index contributed by atoms with van der Waals surface area (Å²) in [5, 5.41) is 1.65. The van der Waals surface area contributed by atoms with Gasteiger partial charge >= 0.3 is 0 Å². The zero-order chi connectivity index (χ0) is 19.6. The molecule has 138 valence electrons. The molecule has 0 aliphatic heterocycles. The van der Waals surface area contributed by atoms with Crippen molar-refractivity contribution in [1.29, 1.82) is 0 Å². The van der Waals surface area contributed by atoms with E-state index in [2.05, 4.69) is 0 Å². The Bertz CT molecular complexity index is 995. The van der Waals surface area contributed by atoms with E-state index in [0.717, 1.165) is 32.9 Å². The lowest BCUT2D eigenvalue weighted by molar-refractivity contribution is 0.103. The number of hydrogen-bond acceptors (Lipinski definition) is 2. The van der Waals surface area contributed by atoms with Crippen LogP contribution in [0.5, 0.6) is 0 Å². The van der Waals surface area contributed by atoms with Gasteiger partial charge in [0, 0.05) is 27.9 Å². The minimum atomic E-state index is -2.66. The van der Waals surface area contributed by atoms with Crippen molar-refractivity contribution in [2.45, 2.75) is 27.7 Å². The number of hydrogen-bond donors (Lipinski definition) is 0. The van der Waals surface area contributed by atoms with E-state index < -0.39 is 7.14 Å². The largest absolute Gasteiger partial charge is 0.314 e. The third-order valence-corrected chi connectivity index (χ3v) is 8.22. The van der Waals surface area contributed by atoms with Crippen LogP contribution in [-0.4, -0.2) is 11.9 Å². The average molecular weight is 376 g/mol. The van der Waals surface area contributed by atoms with Crippen LogP contribution in [0.15, 0.2) is 66.7 Å². The number of rotatable bonds is 5. The summed E-state index contributed by atoms with van der Waals surface area (Å²) in [5.41, 5.74) is 4.53. The van der Waals surface area contributed by atoms with E-state index in [1.165, 1.54) is 0 Å². The number of ketones is 1. The molecule has 0 fully saturated rings. The highest BCUT2D eigenvalue weighted by atomic mass is 31.2. The highest BCUT2D eigenvalue weighted by Gasteiger charge is 2.25. The summed E-state index contributed by atoms with van der Waals surface area (Å²) in [6, 6.07) is 21.0. The predicted octanol–water partition coefficient (Wildman–Crippen LogP) is 5.18. The molecule has 3 aromatic rings. The lowest BCUT2D eigenvalue weighted by atomic mass is 9.93.